The molecular weight excluding hydrogens is 421 g/mol. The Labute approximate surface area is 162 Å². The van der Waals surface area contributed by atoms with Crippen molar-refractivity contribution in [3.05, 3.63) is 57.8 Å². The van der Waals surface area contributed by atoms with E-state index in [0.29, 0.717) is 9.63 Å². The van der Waals surface area contributed by atoms with Gasteiger partial charge in [-0.25, -0.2) is 4.39 Å². The van der Waals surface area contributed by atoms with Crippen LogP contribution in [0, 0.1) is 19.7 Å². The van der Waals surface area contributed by atoms with E-state index in [-0.39, 0.29) is 17.3 Å². The zero-order valence-electron chi connectivity index (χ0n) is 14.0. The van der Waals surface area contributed by atoms with Crippen LogP contribution in [0.3, 0.4) is 0 Å². The lowest BCUT2D eigenvalue weighted by Gasteiger charge is -2.09. The second-order valence-electron chi connectivity index (χ2n) is 5.62. The summed E-state index contributed by atoms with van der Waals surface area (Å²) in [6, 6.07) is 10.4. The van der Waals surface area contributed by atoms with Crippen LogP contribution in [0.25, 0.3) is 5.69 Å². The average Bonchev–Trinajstić information content (AvgIpc) is 3.06. The van der Waals surface area contributed by atoms with E-state index in [1.54, 1.807) is 10.7 Å². The van der Waals surface area contributed by atoms with Crippen molar-refractivity contribution in [3.8, 4) is 5.69 Å². The van der Waals surface area contributed by atoms with Crippen LogP contribution in [0.1, 0.15) is 11.1 Å². The number of halogens is 2. The number of amides is 1. The number of anilines is 1. The molecule has 1 amide bonds. The molecule has 0 bridgehead atoms. The standard InChI is InChI=1S/C17H15BrFN5OS/c1-10-3-4-11(2)15(7-10)24-17(21-22-23-24)26-9-16(25)20-14-6-5-12(18)8-13(14)19/h3-8H,9H2,1-2H3,(H,20,25). The highest BCUT2D eigenvalue weighted by Gasteiger charge is 2.14. The Bertz CT molecular complexity index is 962. The molecule has 3 aromatic rings. The third-order valence-electron chi connectivity index (χ3n) is 3.57. The third-order valence-corrected chi connectivity index (χ3v) is 4.98. The van der Waals surface area contributed by atoms with Gasteiger partial charge in [0.1, 0.15) is 5.82 Å². The summed E-state index contributed by atoms with van der Waals surface area (Å²) >= 11 is 4.36. The van der Waals surface area contributed by atoms with Gasteiger partial charge in [-0.1, -0.05) is 39.8 Å². The predicted molar refractivity (Wildman–Crippen MR) is 102 cm³/mol. The fraction of sp³-hybridized carbons (Fsp3) is 0.176. The molecule has 0 radical (unpaired) electrons. The van der Waals surface area contributed by atoms with Crippen molar-refractivity contribution < 1.29 is 9.18 Å². The summed E-state index contributed by atoms with van der Waals surface area (Å²) in [6.07, 6.45) is 0. The number of rotatable bonds is 5. The maximum absolute atomic E-state index is 13.8. The molecule has 1 N–H and O–H groups in total. The van der Waals surface area contributed by atoms with Crippen LogP contribution in [-0.4, -0.2) is 31.9 Å². The molecule has 1 aromatic heterocycles. The Balaban J connectivity index is 1.70. The number of hydrogen-bond acceptors (Lipinski definition) is 5. The fourth-order valence-electron chi connectivity index (χ4n) is 2.27. The maximum Gasteiger partial charge on any atom is 0.234 e. The topological polar surface area (TPSA) is 72.7 Å². The number of aryl methyl sites for hydroxylation is 2. The van der Waals surface area contributed by atoms with Gasteiger partial charge in [-0.15, -0.1) is 5.10 Å². The number of tetrazole rings is 1. The van der Waals surface area contributed by atoms with E-state index in [1.807, 2.05) is 32.0 Å². The summed E-state index contributed by atoms with van der Waals surface area (Å²) in [5.74, 6) is -0.787. The highest BCUT2D eigenvalue weighted by Crippen LogP contribution is 2.23. The van der Waals surface area contributed by atoms with Gasteiger partial charge in [-0.3, -0.25) is 4.79 Å². The summed E-state index contributed by atoms with van der Waals surface area (Å²) in [5.41, 5.74) is 3.09. The van der Waals surface area contributed by atoms with Crippen LogP contribution in [-0.2, 0) is 4.79 Å². The first-order valence-electron chi connectivity index (χ1n) is 7.68. The van der Waals surface area contributed by atoms with E-state index < -0.39 is 5.82 Å². The van der Waals surface area contributed by atoms with E-state index >= 15 is 0 Å². The lowest BCUT2D eigenvalue weighted by atomic mass is 10.1. The zero-order valence-corrected chi connectivity index (χ0v) is 16.4. The molecule has 0 aliphatic heterocycles. The Kier molecular flexibility index (Phi) is 5.67. The number of nitrogens with one attached hydrogen (secondary N) is 1. The van der Waals surface area contributed by atoms with E-state index in [2.05, 4.69) is 36.8 Å². The van der Waals surface area contributed by atoms with Crippen molar-refractivity contribution in [2.45, 2.75) is 19.0 Å². The molecule has 3 rings (SSSR count). The molecule has 0 unspecified atom stereocenters. The molecule has 2 aromatic carbocycles. The number of thioether (sulfide) groups is 1. The number of aromatic nitrogens is 4. The summed E-state index contributed by atoms with van der Waals surface area (Å²) in [4.78, 5) is 12.1. The largest absolute Gasteiger partial charge is 0.323 e. The Morgan fingerprint density at radius 3 is 2.85 bits per heavy atom. The van der Waals surface area contributed by atoms with Crippen molar-refractivity contribution in [2.75, 3.05) is 11.1 Å². The minimum atomic E-state index is -0.502. The molecule has 0 saturated carbocycles. The second kappa shape index (κ2) is 7.96. The number of benzene rings is 2. The Hall–Kier alpha value is -2.26. The summed E-state index contributed by atoms with van der Waals surface area (Å²) < 4.78 is 16.0. The number of carbonyl (C=O) groups excluding carboxylic acids is 1. The lowest BCUT2D eigenvalue weighted by Crippen LogP contribution is -2.15. The smallest absolute Gasteiger partial charge is 0.234 e. The normalized spacial score (nSPS) is 10.8. The van der Waals surface area contributed by atoms with E-state index in [0.717, 1.165) is 16.8 Å². The average molecular weight is 436 g/mol. The quantitative estimate of drug-likeness (QED) is 0.614. The molecule has 1 heterocycles. The molecule has 134 valence electrons. The van der Waals surface area contributed by atoms with Gasteiger partial charge in [0.25, 0.3) is 0 Å². The molecule has 0 saturated heterocycles. The molecule has 26 heavy (non-hydrogen) atoms. The van der Waals surface area contributed by atoms with Crippen LogP contribution in [0.5, 0.6) is 0 Å². The molecular formula is C17H15BrFN5OS. The molecule has 9 heteroatoms. The fourth-order valence-corrected chi connectivity index (χ4v) is 3.29. The molecule has 6 nitrogen and oxygen atoms in total. The number of carbonyl (C=O) groups is 1. The third kappa shape index (κ3) is 4.28. The summed E-state index contributed by atoms with van der Waals surface area (Å²) in [6.45, 7) is 3.95. The van der Waals surface area contributed by atoms with Gasteiger partial charge in [0.15, 0.2) is 0 Å². The minimum absolute atomic E-state index is 0.0563. The summed E-state index contributed by atoms with van der Waals surface area (Å²) in [7, 11) is 0. The Morgan fingerprint density at radius 2 is 2.08 bits per heavy atom. The Morgan fingerprint density at radius 1 is 1.27 bits per heavy atom. The van der Waals surface area contributed by atoms with Gasteiger partial charge in [0.05, 0.1) is 17.1 Å². The first-order valence-corrected chi connectivity index (χ1v) is 9.45. The molecule has 0 spiro atoms. The first kappa shape index (κ1) is 18.5. The second-order valence-corrected chi connectivity index (χ2v) is 7.48. The summed E-state index contributed by atoms with van der Waals surface area (Å²) in [5, 5.41) is 14.7. The van der Waals surface area contributed by atoms with Gasteiger partial charge in [0, 0.05) is 4.47 Å². The first-order chi connectivity index (χ1) is 12.4. The van der Waals surface area contributed by atoms with Crippen LogP contribution >= 0.6 is 27.7 Å². The lowest BCUT2D eigenvalue weighted by molar-refractivity contribution is -0.113. The van der Waals surface area contributed by atoms with Crippen LogP contribution in [0.2, 0.25) is 0 Å². The van der Waals surface area contributed by atoms with E-state index in [9.17, 15) is 9.18 Å². The molecule has 0 aliphatic carbocycles. The molecule has 0 atom stereocenters. The molecule has 0 fully saturated rings. The SMILES string of the molecule is Cc1ccc(C)c(-n2nnnc2SCC(=O)Nc2ccc(Br)cc2F)c1. The predicted octanol–water partition coefficient (Wildman–Crippen LogP) is 3.91. The van der Waals surface area contributed by atoms with E-state index in [1.165, 1.54) is 23.9 Å². The number of nitrogens with zero attached hydrogens (tertiary/aromatic N) is 4. The van der Waals surface area contributed by atoms with Crippen molar-refractivity contribution in [3.63, 3.8) is 0 Å². The van der Waals surface area contributed by atoms with E-state index in [4.69, 9.17) is 0 Å². The minimum Gasteiger partial charge on any atom is -0.323 e. The van der Waals surface area contributed by atoms with Crippen LogP contribution < -0.4 is 5.32 Å². The van der Waals surface area contributed by atoms with Crippen molar-refractivity contribution >= 4 is 39.3 Å². The van der Waals surface area contributed by atoms with Gasteiger partial charge in [-0.2, -0.15) is 4.68 Å². The van der Waals surface area contributed by atoms with Crippen molar-refractivity contribution in [2.24, 2.45) is 0 Å². The molecule has 0 aliphatic rings. The van der Waals surface area contributed by atoms with Crippen molar-refractivity contribution in [1.82, 2.24) is 20.2 Å². The van der Waals surface area contributed by atoms with Gasteiger partial charge in [-0.05, 0) is 59.7 Å². The van der Waals surface area contributed by atoms with Gasteiger partial charge in [0.2, 0.25) is 11.1 Å². The monoisotopic (exact) mass is 435 g/mol. The highest BCUT2D eigenvalue weighted by atomic mass is 79.9. The van der Waals surface area contributed by atoms with Crippen LogP contribution in [0.4, 0.5) is 10.1 Å². The van der Waals surface area contributed by atoms with Gasteiger partial charge < -0.3 is 5.32 Å². The van der Waals surface area contributed by atoms with Gasteiger partial charge >= 0.3 is 0 Å². The zero-order chi connectivity index (χ0) is 18.7. The van der Waals surface area contributed by atoms with Crippen LogP contribution in [0.15, 0.2) is 46.0 Å². The number of hydrogen-bond donors (Lipinski definition) is 1. The van der Waals surface area contributed by atoms with Crippen molar-refractivity contribution in [1.29, 1.82) is 0 Å². The maximum atomic E-state index is 13.8. The highest BCUT2D eigenvalue weighted by molar-refractivity contribution is 9.10.